The summed E-state index contributed by atoms with van der Waals surface area (Å²) in [5.74, 6) is -24.1. The van der Waals surface area contributed by atoms with Gasteiger partial charge < -0.3 is 125 Å². The summed E-state index contributed by atoms with van der Waals surface area (Å²) in [5.41, 5.74) is 6.96. The highest BCUT2D eigenvalue weighted by Crippen LogP contribution is 2.25. The number of carboxylic acids is 2. The minimum absolute atomic E-state index is 0.0814. The Kier molecular flexibility index (Phi) is 34.2. The molecule has 3 aliphatic heterocycles. The molecule has 3 saturated heterocycles. The Hall–Kier alpha value is -12.9. The van der Waals surface area contributed by atoms with E-state index in [0.717, 1.165) is 18.7 Å². The van der Waals surface area contributed by atoms with Gasteiger partial charge in [0.25, 0.3) is 0 Å². The Balaban J connectivity index is 1.31. The number of ether oxygens (including phenoxy) is 1. The molecule has 4 heterocycles. The van der Waals surface area contributed by atoms with Crippen LogP contribution in [0.3, 0.4) is 0 Å². The van der Waals surface area contributed by atoms with Crippen molar-refractivity contribution in [3.8, 4) is 11.5 Å². The molecule has 16 atom stereocenters. The lowest BCUT2D eigenvalue weighted by atomic mass is 9.90. The molecular weight excluding hydrogens is 1550 g/mol. The Morgan fingerprint density at radius 2 is 1.25 bits per heavy atom. The third kappa shape index (κ3) is 27.4. The van der Waals surface area contributed by atoms with Crippen LogP contribution in [0.4, 0.5) is 0 Å². The van der Waals surface area contributed by atoms with E-state index in [1.807, 2.05) is 0 Å². The molecule has 0 saturated carbocycles. The number of guanidine groups is 1. The number of rotatable bonds is 26. The number of aromatic nitrogens is 1. The zero-order valence-corrected chi connectivity index (χ0v) is 65.0. The number of H-pyrrole nitrogens is 1. The number of aliphatic hydroxyl groups excluding tert-OH is 3. The third-order valence-corrected chi connectivity index (χ3v) is 19.8. The predicted molar refractivity (Wildman–Crippen MR) is 412 cm³/mol. The molecule has 0 aliphatic carbocycles. The number of nitrogens with zero attached hydrogens (tertiary/aromatic N) is 1. The molecule has 42 heteroatoms. The first-order valence-corrected chi connectivity index (χ1v) is 38.1. The van der Waals surface area contributed by atoms with Gasteiger partial charge in [0.15, 0.2) is 11.7 Å². The monoisotopic (exact) mass is 1650 g/mol. The number of Topliss-reactive ketones (excluding diaryl/α,β-unsaturated/α-hetero) is 1. The predicted octanol–water partition coefficient (Wildman–Crippen LogP) is -5.87. The summed E-state index contributed by atoms with van der Waals surface area (Å²) in [6, 6.07) is -4.50. The number of ketones is 1. The van der Waals surface area contributed by atoms with E-state index >= 15 is 14.4 Å². The summed E-state index contributed by atoms with van der Waals surface area (Å²) >= 11 is 0. The molecule has 640 valence electrons. The van der Waals surface area contributed by atoms with E-state index in [0.29, 0.717) is 16.5 Å². The van der Waals surface area contributed by atoms with Crippen LogP contribution in [0.25, 0.3) is 10.9 Å². The summed E-state index contributed by atoms with van der Waals surface area (Å²) in [6.07, 6.45) is -11.1. The average Bonchev–Trinajstić information content (AvgIpc) is 1.60. The van der Waals surface area contributed by atoms with Crippen LogP contribution in [0.5, 0.6) is 11.5 Å². The normalized spacial score (nSPS) is 22.8. The molecule has 2 bridgehead atoms. The summed E-state index contributed by atoms with van der Waals surface area (Å²) in [7, 11) is 0. The molecule has 13 amide bonds. The quantitative estimate of drug-likeness (QED) is 0.0120. The molecule has 3 fully saturated rings. The fourth-order valence-corrected chi connectivity index (χ4v) is 13.4. The largest absolute Gasteiger partial charge is 0.508 e. The van der Waals surface area contributed by atoms with Crippen LogP contribution in [-0.4, -0.2) is 269 Å². The fraction of sp³-hybridized carbons (Fsp3) is 0.500. The zero-order chi connectivity index (χ0) is 86.8. The number of phenols is 2. The van der Waals surface area contributed by atoms with E-state index in [4.69, 9.17) is 15.9 Å². The first kappa shape index (κ1) is 92.3. The second-order valence-electron chi connectivity index (χ2n) is 29.0. The highest BCUT2D eigenvalue weighted by Gasteiger charge is 2.44. The number of para-hydroxylation sites is 1. The number of nitrogens with one attached hydrogen (secondary N) is 15. The van der Waals surface area contributed by atoms with Gasteiger partial charge in [-0.3, -0.25) is 82.1 Å². The zero-order valence-electron chi connectivity index (χ0n) is 65.0. The number of aliphatic hydroxyl groups is 3. The van der Waals surface area contributed by atoms with Crippen molar-refractivity contribution in [3.05, 3.63) is 95.7 Å². The van der Waals surface area contributed by atoms with Crippen molar-refractivity contribution in [2.75, 3.05) is 26.2 Å². The van der Waals surface area contributed by atoms with E-state index in [2.05, 4.69) is 74.1 Å². The maximum absolute atomic E-state index is 15.4. The van der Waals surface area contributed by atoms with Gasteiger partial charge in [-0.15, -0.1) is 0 Å². The number of aliphatic carboxylic acids is 2. The highest BCUT2D eigenvalue weighted by molar-refractivity contribution is 6.02. The first-order chi connectivity index (χ1) is 55.9. The summed E-state index contributed by atoms with van der Waals surface area (Å²) < 4.78 is 5.52. The number of benzene rings is 3. The van der Waals surface area contributed by atoms with Crippen molar-refractivity contribution in [2.45, 2.75) is 208 Å². The lowest BCUT2D eigenvalue weighted by Gasteiger charge is -2.31. The first-order valence-electron chi connectivity index (χ1n) is 38.1. The molecule has 24 N–H and O–H groups in total. The van der Waals surface area contributed by atoms with Gasteiger partial charge in [-0.2, -0.15) is 0 Å². The van der Waals surface area contributed by atoms with Crippen LogP contribution in [0.15, 0.2) is 79.0 Å². The number of hydrogen-bond acceptors (Lipinski definition) is 24. The van der Waals surface area contributed by atoms with E-state index in [9.17, 15) is 103 Å². The fourth-order valence-electron chi connectivity index (χ4n) is 13.4. The number of aromatic hydroxyl groups is 2. The maximum Gasteiger partial charge on any atom is 0.326 e. The molecule has 0 spiro atoms. The van der Waals surface area contributed by atoms with Crippen LogP contribution < -0.4 is 74.9 Å². The van der Waals surface area contributed by atoms with Crippen molar-refractivity contribution < 1.29 is 122 Å². The summed E-state index contributed by atoms with van der Waals surface area (Å²) in [5, 5.41) is 114. The van der Waals surface area contributed by atoms with Crippen molar-refractivity contribution in [1.29, 1.82) is 5.41 Å². The Bertz CT molecular complexity index is 4350. The molecule has 3 aromatic carbocycles. The van der Waals surface area contributed by atoms with Gasteiger partial charge >= 0.3 is 17.9 Å². The van der Waals surface area contributed by atoms with Gasteiger partial charge in [-0.05, 0) is 119 Å². The number of fused-ring (bicyclic) bond motifs is 8. The van der Waals surface area contributed by atoms with Gasteiger partial charge in [0.1, 0.15) is 90.7 Å². The molecule has 1 aromatic heterocycles. The van der Waals surface area contributed by atoms with Gasteiger partial charge in [-0.25, -0.2) is 4.79 Å². The van der Waals surface area contributed by atoms with Gasteiger partial charge in [0, 0.05) is 75.8 Å². The van der Waals surface area contributed by atoms with Crippen molar-refractivity contribution in [3.63, 3.8) is 0 Å². The van der Waals surface area contributed by atoms with E-state index < -0.39 is 268 Å². The van der Waals surface area contributed by atoms with Crippen LogP contribution in [0.1, 0.15) is 115 Å². The molecule has 0 unspecified atom stereocenters. The van der Waals surface area contributed by atoms with Crippen molar-refractivity contribution in [1.82, 2.24) is 79.0 Å². The number of carbonyl (C=O) groups is 17. The Morgan fingerprint density at radius 1 is 0.636 bits per heavy atom. The van der Waals surface area contributed by atoms with Crippen LogP contribution >= 0.6 is 0 Å². The minimum Gasteiger partial charge on any atom is -0.508 e. The van der Waals surface area contributed by atoms with Crippen LogP contribution in [-0.2, 0) is 106 Å². The lowest BCUT2D eigenvalue weighted by Crippen LogP contribution is -2.62. The van der Waals surface area contributed by atoms with Crippen LogP contribution in [0.2, 0.25) is 0 Å². The number of esters is 1. The number of carboxylic acid groups (broad SMARTS) is 2. The average molecular weight is 1650 g/mol. The summed E-state index contributed by atoms with van der Waals surface area (Å²) in [6.45, 7) is 2.61. The standard InChI is InChI=1S/C76H101N17O25/c1-36(82-71(112)60(37(2)94)83-39(4)96)63(104)92-61(38(3)95)72(113)86-50(14-9-27-80-76(77)78)65(106)85-49-13-7-8-26-79-73(114)62(103)46(64(105)90-54(75(116)117)30-41-18-22-44(98)23-19-41)32-57(99)48-24-25-59(102)118-35-55(91-70(111)56-15-10-28-93(56)74(115)53(89-66(49)107)29-40-16-20-43(97)21-17-40)69(110)88-52(33-58(100)101)68(109)87-51(67(108)84-48)31-42-34-81-47-12-6-5-11-45(42)47/h5-6,11-12,16-23,34,36-38,46,48-56,60-62,81,94-95,97-98,103H,7-10,13-15,24-33,35H2,1-4H3,(H,79,114)(H,82,112)(H,83,96)(H,84,108)(H,85,106)(H,86,113)(H,87,109)(H,88,110)(H,89,107)(H,90,105)(H,91,111)(H,92,104)(H,100,101)(H,116,117)(H4,77,78,80)/t36-,37+,38+,46-,48-,49-,50-,51-,52-,53-,54-,55-,56-,60-,61-,62-/m0/s1. The second kappa shape index (κ2) is 43.7. The Morgan fingerprint density at radius 3 is 1.90 bits per heavy atom. The van der Waals surface area contributed by atoms with Gasteiger partial charge in [0.2, 0.25) is 76.8 Å². The van der Waals surface area contributed by atoms with E-state index in [1.165, 1.54) is 68.6 Å². The molecule has 4 aromatic rings. The maximum atomic E-state index is 15.4. The van der Waals surface area contributed by atoms with E-state index in [1.54, 1.807) is 24.3 Å². The molecule has 42 nitrogen and oxygen atoms in total. The smallest absolute Gasteiger partial charge is 0.326 e. The lowest BCUT2D eigenvalue weighted by molar-refractivity contribution is -0.148. The topological polar surface area (TPSA) is 666 Å². The Labute approximate surface area is 674 Å². The molecule has 7 rings (SSSR count). The minimum atomic E-state index is -2.60. The molecule has 0 radical (unpaired) electrons. The highest BCUT2D eigenvalue weighted by atomic mass is 16.5. The van der Waals surface area contributed by atoms with Crippen molar-refractivity contribution in [2.24, 2.45) is 11.7 Å². The van der Waals surface area contributed by atoms with E-state index in [-0.39, 0.29) is 74.2 Å². The second-order valence-corrected chi connectivity index (χ2v) is 29.0. The summed E-state index contributed by atoms with van der Waals surface area (Å²) in [4.78, 5) is 246. The molecule has 3 aliphatic rings. The van der Waals surface area contributed by atoms with Crippen molar-refractivity contribution >= 4 is 117 Å². The molecular formula is C76H101N17O25. The number of aromatic amines is 1. The number of carbonyl (C=O) groups excluding carboxylic acids is 15. The SMILES string of the molecule is CC(=O)N[C@H](C(=O)N[C@@H](C)C(=O)N[C@H](C(=O)N[C@@H](CCCNC(=N)N)C(=O)N[C@H]1CCCCNC(=O)[C@@H](O)[C@@H](C(=O)N[C@@H](Cc2ccc(O)cc2)C(=O)O)CC(=O)[C@@H]2CCC(=O)OC[C@H](NC(=O)[C@@H]3CCCN3C(=O)[C@H](Cc3ccc(O)cc3)NC1=O)C(=O)N[C@@H](CC(=O)O)C(=O)N[C@@H](Cc1c[nH]c3ccccc13)C(=O)N2)[C@@H](C)O)[C@@H](C)O. The molecule has 118 heavy (non-hydrogen) atoms. The van der Waals surface area contributed by atoms with Gasteiger partial charge in [0.05, 0.1) is 30.6 Å². The number of nitrogens with two attached hydrogens (primary N) is 1. The number of amides is 13. The number of hydrogen-bond donors (Lipinski definition) is 23. The van der Waals surface area contributed by atoms with Crippen LogP contribution in [0, 0.1) is 11.3 Å². The van der Waals surface area contributed by atoms with Gasteiger partial charge in [-0.1, -0.05) is 42.5 Å². The number of phenolic OH excluding ortho intramolecular Hbond substituents is 2. The third-order valence-electron chi connectivity index (χ3n) is 19.8.